The minimum Gasteiger partial charge on any atom is -0.299 e. The molecule has 0 N–H and O–H groups in total. The molecular weight excluding hydrogens is 314 g/mol. The van der Waals surface area contributed by atoms with Crippen LogP contribution >= 0.6 is 0 Å². The highest BCUT2D eigenvalue weighted by atomic mass is 15.1. The fourth-order valence-corrected chi connectivity index (χ4v) is 4.62. The summed E-state index contributed by atoms with van der Waals surface area (Å²) < 4.78 is 0. The van der Waals surface area contributed by atoms with Crippen molar-refractivity contribution in [2.45, 2.75) is 85.5 Å². The number of rotatable bonds is 9. The monoisotopic (exact) mass is 357 g/mol. The van der Waals surface area contributed by atoms with Crippen LogP contribution in [0.15, 0.2) is 35.5 Å². The molecule has 0 aromatic carbocycles. The highest BCUT2D eigenvalue weighted by Crippen LogP contribution is 2.30. The molecule has 1 heterocycles. The molecule has 0 radical (unpaired) electrons. The number of hydrogen-bond acceptors (Lipinski definition) is 1. The molecule has 2 unspecified atom stereocenters. The zero-order valence-corrected chi connectivity index (χ0v) is 18.0. The maximum Gasteiger partial charge on any atom is 0.0192 e. The van der Waals surface area contributed by atoms with Gasteiger partial charge < -0.3 is 0 Å². The Bertz CT molecular complexity index is 494. The van der Waals surface area contributed by atoms with Gasteiger partial charge in [-0.05, 0) is 96.4 Å². The van der Waals surface area contributed by atoms with Gasteiger partial charge >= 0.3 is 0 Å². The lowest BCUT2D eigenvalue weighted by Crippen LogP contribution is -2.37. The van der Waals surface area contributed by atoms with Crippen LogP contribution in [0, 0.1) is 17.8 Å². The van der Waals surface area contributed by atoms with E-state index in [1.165, 1.54) is 88.6 Å². The first-order valence-corrected chi connectivity index (χ1v) is 11.1. The molecule has 3 atom stereocenters. The SMILES string of the molecule is C=C(C)[C@@H]1CC=C(CN2CCCC(CCC(C)CCC=C(C)C)C2)CC1. The summed E-state index contributed by atoms with van der Waals surface area (Å²) in [4.78, 5) is 2.74. The van der Waals surface area contributed by atoms with Crippen LogP contribution in [-0.4, -0.2) is 24.5 Å². The van der Waals surface area contributed by atoms with E-state index in [1.807, 2.05) is 0 Å². The van der Waals surface area contributed by atoms with Crippen LogP contribution in [0.25, 0.3) is 0 Å². The van der Waals surface area contributed by atoms with Crippen LogP contribution in [0.1, 0.15) is 85.5 Å². The smallest absolute Gasteiger partial charge is 0.0192 e. The molecule has 0 aromatic rings. The van der Waals surface area contributed by atoms with Crippen LogP contribution in [0.5, 0.6) is 0 Å². The molecule has 0 aromatic heterocycles. The number of allylic oxidation sites excluding steroid dienone is 4. The Morgan fingerprint density at radius 2 is 2.08 bits per heavy atom. The first-order chi connectivity index (χ1) is 12.4. The Balaban J connectivity index is 1.68. The molecule has 2 aliphatic rings. The Morgan fingerprint density at radius 1 is 1.27 bits per heavy atom. The first kappa shape index (κ1) is 21.5. The maximum absolute atomic E-state index is 4.15. The molecule has 1 fully saturated rings. The normalized spacial score (nSPS) is 25.5. The van der Waals surface area contributed by atoms with E-state index in [4.69, 9.17) is 0 Å². The minimum atomic E-state index is 0.737. The number of piperidine rings is 1. The molecule has 1 aliphatic carbocycles. The molecule has 0 amide bonds. The molecule has 0 bridgehead atoms. The molecule has 148 valence electrons. The van der Waals surface area contributed by atoms with E-state index in [0.29, 0.717) is 0 Å². The summed E-state index contributed by atoms with van der Waals surface area (Å²) in [6, 6.07) is 0. The third-order valence-corrected chi connectivity index (χ3v) is 6.51. The molecule has 1 saturated heterocycles. The molecular formula is C25H43N. The van der Waals surface area contributed by atoms with Crippen molar-refractivity contribution in [2.75, 3.05) is 19.6 Å². The van der Waals surface area contributed by atoms with Crippen molar-refractivity contribution in [1.29, 1.82) is 0 Å². The average molecular weight is 358 g/mol. The van der Waals surface area contributed by atoms with Gasteiger partial charge in [-0.25, -0.2) is 0 Å². The van der Waals surface area contributed by atoms with Gasteiger partial charge in [0.25, 0.3) is 0 Å². The summed E-state index contributed by atoms with van der Waals surface area (Å²) in [5.74, 6) is 2.55. The van der Waals surface area contributed by atoms with E-state index >= 15 is 0 Å². The molecule has 1 nitrogen and oxygen atoms in total. The van der Waals surface area contributed by atoms with Crippen molar-refractivity contribution in [1.82, 2.24) is 4.90 Å². The summed E-state index contributed by atoms with van der Waals surface area (Å²) in [6.07, 6.45) is 17.1. The topological polar surface area (TPSA) is 3.24 Å². The quantitative estimate of drug-likeness (QED) is 0.395. The van der Waals surface area contributed by atoms with Crippen LogP contribution in [0.3, 0.4) is 0 Å². The van der Waals surface area contributed by atoms with E-state index in [1.54, 1.807) is 5.57 Å². The number of hydrogen-bond donors (Lipinski definition) is 0. The Hall–Kier alpha value is -0.820. The van der Waals surface area contributed by atoms with Gasteiger partial charge in [-0.15, -0.1) is 0 Å². The standard InChI is InChI=1S/C25H43N/c1-20(2)8-6-9-22(5)11-12-23-10-7-17-26(18-23)19-24-13-15-25(16-14-24)21(3)4/h8,13,22-23,25H,3,6-7,9-12,14-19H2,1-2,4-5H3/t22?,23?,25-/m1/s1. The summed E-state index contributed by atoms with van der Waals surface area (Å²) in [6.45, 7) is 17.1. The third-order valence-electron chi connectivity index (χ3n) is 6.51. The predicted octanol–water partition coefficient (Wildman–Crippen LogP) is 7.16. The van der Waals surface area contributed by atoms with Gasteiger partial charge in [0.15, 0.2) is 0 Å². The average Bonchev–Trinajstić information content (AvgIpc) is 2.60. The molecule has 1 heteroatoms. The molecule has 26 heavy (non-hydrogen) atoms. The van der Waals surface area contributed by atoms with Gasteiger partial charge in [0.05, 0.1) is 0 Å². The lowest BCUT2D eigenvalue weighted by molar-refractivity contribution is 0.172. The van der Waals surface area contributed by atoms with Crippen molar-refractivity contribution in [3.63, 3.8) is 0 Å². The van der Waals surface area contributed by atoms with Crippen LogP contribution < -0.4 is 0 Å². The number of likely N-dealkylation sites (tertiary alicyclic amines) is 1. The fourth-order valence-electron chi connectivity index (χ4n) is 4.62. The summed E-state index contributed by atoms with van der Waals surface area (Å²) in [5, 5.41) is 0. The predicted molar refractivity (Wildman–Crippen MR) is 116 cm³/mol. The fraction of sp³-hybridized carbons (Fsp3) is 0.760. The lowest BCUT2D eigenvalue weighted by Gasteiger charge is -2.35. The molecule has 0 saturated carbocycles. The molecule has 0 spiro atoms. The highest BCUT2D eigenvalue weighted by Gasteiger charge is 2.22. The molecule has 1 aliphatic heterocycles. The van der Waals surface area contributed by atoms with Crippen LogP contribution in [0.4, 0.5) is 0 Å². The van der Waals surface area contributed by atoms with Crippen molar-refractivity contribution < 1.29 is 0 Å². The van der Waals surface area contributed by atoms with Crippen molar-refractivity contribution >= 4 is 0 Å². The largest absolute Gasteiger partial charge is 0.299 e. The van der Waals surface area contributed by atoms with E-state index in [-0.39, 0.29) is 0 Å². The second-order valence-electron chi connectivity index (χ2n) is 9.46. The van der Waals surface area contributed by atoms with Gasteiger partial charge in [-0.3, -0.25) is 4.90 Å². The first-order valence-electron chi connectivity index (χ1n) is 11.1. The maximum atomic E-state index is 4.15. The van der Waals surface area contributed by atoms with Gasteiger partial charge in [0.2, 0.25) is 0 Å². The minimum absolute atomic E-state index is 0.737. The van der Waals surface area contributed by atoms with Gasteiger partial charge in [-0.1, -0.05) is 48.8 Å². The molecule has 2 rings (SSSR count). The van der Waals surface area contributed by atoms with E-state index in [0.717, 1.165) is 17.8 Å². The van der Waals surface area contributed by atoms with Crippen molar-refractivity contribution in [2.24, 2.45) is 17.8 Å². The van der Waals surface area contributed by atoms with Crippen molar-refractivity contribution in [3.8, 4) is 0 Å². The third kappa shape index (κ3) is 7.82. The summed E-state index contributed by atoms with van der Waals surface area (Å²) in [7, 11) is 0. The van der Waals surface area contributed by atoms with E-state index in [2.05, 4.69) is 51.3 Å². The van der Waals surface area contributed by atoms with Gasteiger partial charge in [-0.2, -0.15) is 0 Å². The summed E-state index contributed by atoms with van der Waals surface area (Å²) >= 11 is 0. The Morgan fingerprint density at radius 3 is 2.73 bits per heavy atom. The lowest BCUT2D eigenvalue weighted by atomic mass is 9.85. The zero-order valence-electron chi connectivity index (χ0n) is 18.0. The Kier molecular flexibility index (Phi) is 9.19. The van der Waals surface area contributed by atoms with E-state index < -0.39 is 0 Å². The van der Waals surface area contributed by atoms with E-state index in [9.17, 15) is 0 Å². The zero-order chi connectivity index (χ0) is 18.9. The van der Waals surface area contributed by atoms with Crippen molar-refractivity contribution in [3.05, 3.63) is 35.5 Å². The summed E-state index contributed by atoms with van der Waals surface area (Å²) in [5.41, 5.74) is 4.53. The van der Waals surface area contributed by atoms with Gasteiger partial charge in [0.1, 0.15) is 0 Å². The second kappa shape index (κ2) is 11.1. The van der Waals surface area contributed by atoms with Crippen LogP contribution in [0.2, 0.25) is 0 Å². The highest BCUT2D eigenvalue weighted by molar-refractivity contribution is 5.13. The van der Waals surface area contributed by atoms with Gasteiger partial charge in [0, 0.05) is 13.1 Å². The number of nitrogens with zero attached hydrogens (tertiary/aromatic N) is 1. The van der Waals surface area contributed by atoms with Crippen LogP contribution in [-0.2, 0) is 0 Å². The second-order valence-corrected chi connectivity index (χ2v) is 9.46. The Labute approximate surface area is 163 Å².